The first kappa shape index (κ1) is 9.51. The average Bonchev–Trinajstić information content (AvgIpc) is 2.58. The molecule has 78 valence electrons. The minimum absolute atomic E-state index is 0.0125. The third kappa shape index (κ3) is 1.52. The zero-order valence-corrected chi connectivity index (χ0v) is 8.39. The number of nitrogens with zero attached hydrogens (tertiary/aromatic N) is 2. The van der Waals surface area contributed by atoms with Crippen molar-refractivity contribution >= 4 is 11.5 Å². The van der Waals surface area contributed by atoms with Crippen LogP contribution < -0.4 is 0 Å². The number of hydrogen-bond acceptors (Lipinski definition) is 4. The highest BCUT2D eigenvalue weighted by molar-refractivity contribution is 5.90. The van der Waals surface area contributed by atoms with Crippen LogP contribution >= 0.6 is 0 Å². The van der Waals surface area contributed by atoms with E-state index in [-0.39, 0.29) is 11.3 Å². The predicted octanol–water partition coefficient (Wildman–Crippen LogP) is 1.13. The van der Waals surface area contributed by atoms with Crippen LogP contribution in [-0.4, -0.2) is 27.8 Å². The number of aromatic nitrogens is 2. The van der Waals surface area contributed by atoms with Crippen molar-refractivity contribution in [3.8, 4) is 5.75 Å². The first-order chi connectivity index (χ1) is 7.11. The van der Waals surface area contributed by atoms with Crippen LogP contribution in [0.4, 0.5) is 0 Å². The molecule has 2 aromatic heterocycles. The molecule has 0 fully saturated rings. The van der Waals surface area contributed by atoms with Gasteiger partial charge in [-0.2, -0.15) is 5.10 Å². The second kappa shape index (κ2) is 3.27. The molecule has 15 heavy (non-hydrogen) atoms. The summed E-state index contributed by atoms with van der Waals surface area (Å²) in [5.74, 6) is -0.487. The second-order valence-corrected chi connectivity index (χ2v) is 3.22. The molecular weight excluding hydrogens is 196 g/mol. The molecule has 0 unspecified atom stereocenters. The number of fused-ring (bicyclic) bond motifs is 1. The molecule has 0 amide bonds. The Morgan fingerprint density at radius 3 is 2.93 bits per heavy atom. The van der Waals surface area contributed by atoms with E-state index < -0.39 is 5.97 Å². The van der Waals surface area contributed by atoms with Crippen LogP contribution in [0.15, 0.2) is 18.3 Å². The van der Waals surface area contributed by atoms with Crippen molar-refractivity contribution in [2.24, 2.45) is 0 Å². The first-order valence-corrected chi connectivity index (χ1v) is 4.39. The van der Waals surface area contributed by atoms with Crippen LogP contribution in [0.1, 0.15) is 16.1 Å². The molecule has 0 saturated heterocycles. The third-order valence-electron chi connectivity index (χ3n) is 2.10. The highest BCUT2D eigenvalue weighted by atomic mass is 16.5. The molecule has 5 nitrogen and oxygen atoms in total. The molecule has 0 atom stereocenters. The molecule has 2 aromatic rings. The Labute approximate surface area is 85.9 Å². The maximum atomic E-state index is 11.2. The lowest BCUT2D eigenvalue weighted by Crippen LogP contribution is -2.03. The summed E-state index contributed by atoms with van der Waals surface area (Å²) in [4.78, 5) is 11.2. The molecule has 2 rings (SSSR count). The molecule has 0 aromatic carbocycles. The van der Waals surface area contributed by atoms with Crippen molar-refractivity contribution in [2.45, 2.75) is 6.92 Å². The fourth-order valence-electron chi connectivity index (χ4n) is 1.43. The smallest absolute Gasteiger partial charge is 0.339 e. The van der Waals surface area contributed by atoms with Gasteiger partial charge in [-0.25, -0.2) is 9.31 Å². The first-order valence-electron chi connectivity index (χ1n) is 4.39. The van der Waals surface area contributed by atoms with E-state index in [0.29, 0.717) is 5.52 Å². The van der Waals surface area contributed by atoms with Gasteiger partial charge in [0.2, 0.25) is 0 Å². The highest BCUT2D eigenvalue weighted by Gasteiger charge is 2.11. The van der Waals surface area contributed by atoms with Crippen LogP contribution in [0.25, 0.3) is 5.52 Å². The zero-order chi connectivity index (χ0) is 11.0. The Morgan fingerprint density at radius 1 is 1.53 bits per heavy atom. The average molecular weight is 206 g/mol. The van der Waals surface area contributed by atoms with Crippen LogP contribution in [0.2, 0.25) is 0 Å². The van der Waals surface area contributed by atoms with Crippen molar-refractivity contribution in [3.63, 3.8) is 0 Å². The normalized spacial score (nSPS) is 10.5. The Hall–Kier alpha value is -2.04. The molecule has 2 heterocycles. The molecule has 0 spiro atoms. The Kier molecular flexibility index (Phi) is 2.07. The van der Waals surface area contributed by atoms with Crippen LogP contribution in [-0.2, 0) is 4.74 Å². The molecule has 1 N–H and O–H groups in total. The van der Waals surface area contributed by atoms with E-state index in [2.05, 4.69) is 9.84 Å². The van der Waals surface area contributed by atoms with E-state index in [1.807, 2.05) is 6.92 Å². The summed E-state index contributed by atoms with van der Waals surface area (Å²) >= 11 is 0. The van der Waals surface area contributed by atoms with Gasteiger partial charge in [-0.3, -0.25) is 0 Å². The van der Waals surface area contributed by atoms with E-state index in [4.69, 9.17) is 0 Å². The summed E-state index contributed by atoms with van der Waals surface area (Å²) in [6.45, 7) is 1.81. The standard InChI is InChI=1S/C10H10N2O3/c1-6-3-8-9(13)4-7(10(14)15-2)5-12(8)11-6/h3-5,13H,1-2H3. The number of aromatic hydroxyl groups is 1. The maximum Gasteiger partial charge on any atom is 0.339 e. The predicted molar refractivity (Wildman–Crippen MR) is 52.9 cm³/mol. The monoisotopic (exact) mass is 206 g/mol. The number of carbonyl (C=O) groups is 1. The van der Waals surface area contributed by atoms with Gasteiger partial charge < -0.3 is 9.84 Å². The summed E-state index contributed by atoms with van der Waals surface area (Å²) < 4.78 is 6.01. The van der Waals surface area contributed by atoms with Crippen molar-refractivity contribution in [1.82, 2.24) is 9.61 Å². The van der Waals surface area contributed by atoms with Crippen molar-refractivity contribution in [1.29, 1.82) is 0 Å². The van der Waals surface area contributed by atoms with E-state index in [1.54, 1.807) is 6.07 Å². The molecule has 0 aliphatic carbocycles. The van der Waals surface area contributed by atoms with Crippen molar-refractivity contribution in [3.05, 3.63) is 29.6 Å². The summed E-state index contributed by atoms with van der Waals surface area (Å²) in [5, 5.41) is 13.7. The zero-order valence-electron chi connectivity index (χ0n) is 8.39. The minimum atomic E-state index is -0.500. The van der Waals surface area contributed by atoms with Crippen LogP contribution in [0.5, 0.6) is 5.75 Å². The maximum absolute atomic E-state index is 11.2. The SMILES string of the molecule is COC(=O)c1cc(O)c2cc(C)nn2c1. The lowest BCUT2D eigenvalue weighted by atomic mass is 10.2. The van der Waals surface area contributed by atoms with Gasteiger partial charge in [-0.1, -0.05) is 0 Å². The molecule has 0 aliphatic heterocycles. The number of aryl methyl sites for hydroxylation is 1. The number of rotatable bonds is 1. The number of carbonyl (C=O) groups excluding carboxylic acids is 1. The van der Waals surface area contributed by atoms with E-state index >= 15 is 0 Å². The Morgan fingerprint density at radius 2 is 2.27 bits per heavy atom. The quantitative estimate of drug-likeness (QED) is 0.710. The fourth-order valence-corrected chi connectivity index (χ4v) is 1.43. The van der Waals surface area contributed by atoms with E-state index in [1.165, 1.54) is 23.9 Å². The topological polar surface area (TPSA) is 63.8 Å². The van der Waals surface area contributed by atoms with E-state index in [0.717, 1.165) is 5.69 Å². The van der Waals surface area contributed by atoms with Crippen LogP contribution in [0.3, 0.4) is 0 Å². The molecule has 0 saturated carbocycles. The molecule has 5 heteroatoms. The molecule has 0 bridgehead atoms. The minimum Gasteiger partial charge on any atom is -0.506 e. The highest BCUT2D eigenvalue weighted by Crippen LogP contribution is 2.21. The Bertz CT molecular complexity index is 531. The van der Waals surface area contributed by atoms with Gasteiger partial charge in [-0.15, -0.1) is 0 Å². The van der Waals surface area contributed by atoms with Crippen molar-refractivity contribution < 1.29 is 14.6 Å². The largest absolute Gasteiger partial charge is 0.506 e. The molecule has 0 aliphatic rings. The number of hydrogen-bond donors (Lipinski definition) is 1. The molecule has 0 radical (unpaired) electrons. The summed E-state index contributed by atoms with van der Waals surface area (Å²) in [7, 11) is 1.29. The summed E-state index contributed by atoms with van der Waals surface area (Å²) in [6, 6.07) is 3.10. The van der Waals surface area contributed by atoms with Gasteiger partial charge in [0.15, 0.2) is 0 Å². The number of methoxy groups -OCH3 is 1. The second-order valence-electron chi connectivity index (χ2n) is 3.22. The Balaban J connectivity index is 2.66. The molecular formula is C10H10N2O3. The van der Waals surface area contributed by atoms with Gasteiger partial charge in [-0.05, 0) is 19.1 Å². The van der Waals surface area contributed by atoms with Gasteiger partial charge in [0.25, 0.3) is 0 Å². The van der Waals surface area contributed by atoms with Gasteiger partial charge in [0.05, 0.1) is 18.4 Å². The third-order valence-corrected chi connectivity index (χ3v) is 2.10. The number of esters is 1. The summed E-state index contributed by atoms with van der Waals surface area (Å²) in [5.41, 5.74) is 1.61. The fraction of sp³-hybridized carbons (Fsp3) is 0.200. The van der Waals surface area contributed by atoms with Gasteiger partial charge in [0.1, 0.15) is 11.3 Å². The lowest BCUT2D eigenvalue weighted by molar-refractivity contribution is 0.0599. The summed E-state index contributed by atoms with van der Waals surface area (Å²) in [6.07, 6.45) is 1.52. The number of pyridine rings is 1. The van der Waals surface area contributed by atoms with Crippen LogP contribution in [0, 0.1) is 6.92 Å². The van der Waals surface area contributed by atoms with Gasteiger partial charge in [0, 0.05) is 6.20 Å². The van der Waals surface area contributed by atoms with E-state index in [9.17, 15) is 9.90 Å². The van der Waals surface area contributed by atoms with Gasteiger partial charge >= 0.3 is 5.97 Å². The lowest BCUT2D eigenvalue weighted by Gasteiger charge is -2.01. The number of ether oxygens (including phenoxy) is 1. The van der Waals surface area contributed by atoms with Crippen molar-refractivity contribution in [2.75, 3.05) is 7.11 Å².